The number of nitrogens with zero attached hydrogens (tertiary/aromatic N) is 1. The lowest BCUT2D eigenvalue weighted by Crippen LogP contribution is -2.06. The SMILES string of the molecule is C=C.CC.CC.CC(C)=O.CC=N/C(C)=C(/C)CNc1cc(C(C)=O)ccc1C.CCC(C)(C)C. The minimum absolute atomic E-state index is 0.0853. The van der Waals surface area contributed by atoms with Crippen molar-refractivity contribution in [1.29, 1.82) is 0 Å². The van der Waals surface area contributed by atoms with Crippen LogP contribution in [0.1, 0.15) is 119 Å². The topological polar surface area (TPSA) is 58.5 Å². The maximum atomic E-state index is 11.4. The van der Waals surface area contributed by atoms with Crippen molar-refractivity contribution in [3.8, 4) is 0 Å². The molecule has 0 amide bonds. The average Bonchev–Trinajstić information content (AvgIpc) is 2.81. The summed E-state index contributed by atoms with van der Waals surface area (Å²) in [5.41, 5.74) is 5.62. The Balaban J connectivity index is -0.000000155. The first-order valence-corrected chi connectivity index (χ1v) is 12.7. The van der Waals surface area contributed by atoms with Crippen LogP contribution in [0.5, 0.6) is 0 Å². The van der Waals surface area contributed by atoms with E-state index in [2.05, 4.69) is 58.1 Å². The molecule has 0 radical (unpaired) electrons. The Morgan fingerprint density at radius 1 is 0.971 bits per heavy atom. The van der Waals surface area contributed by atoms with Crippen LogP contribution in [0, 0.1) is 12.3 Å². The van der Waals surface area contributed by atoms with E-state index in [-0.39, 0.29) is 11.6 Å². The molecule has 0 fully saturated rings. The number of aliphatic imine (C=N–C) groups is 1. The number of rotatable bonds is 5. The van der Waals surface area contributed by atoms with Crippen LogP contribution in [-0.2, 0) is 4.79 Å². The van der Waals surface area contributed by atoms with Gasteiger partial charge >= 0.3 is 0 Å². The van der Waals surface area contributed by atoms with E-state index in [1.807, 2.05) is 66.7 Å². The van der Waals surface area contributed by atoms with Crippen molar-refractivity contribution < 1.29 is 9.59 Å². The highest BCUT2D eigenvalue weighted by Gasteiger charge is 2.04. The van der Waals surface area contributed by atoms with Gasteiger partial charge in [0.15, 0.2) is 5.78 Å². The summed E-state index contributed by atoms with van der Waals surface area (Å²) < 4.78 is 0. The Morgan fingerprint density at radius 2 is 1.37 bits per heavy atom. The summed E-state index contributed by atoms with van der Waals surface area (Å²) in [5.74, 6) is 0.252. The van der Waals surface area contributed by atoms with Crippen LogP contribution < -0.4 is 5.32 Å². The number of allylic oxidation sites excluding steroid dienone is 1. The Morgan fingerprint density at radius 3 is 1.69 bits per heavy atom. The van der Waals surface area contributed by atoms with Crippen LogP contribution in [0.2, 0.25) is 0 Å². The van der Waals surface area contributed by atoms with Crippen LogP contribution in [0.25, 0.3) is 0 Å². The minimum Gasteiger partial charge on any atom is -0.381 e. The van der Waals surface area contributed by atoms with Crippen molar-refractivity contribution in [2.75, 3.05) is 11.9 Å². The fourth-order valence-corrected chi connectivity index (χ4v) is 1.69. The molecule has 0 atom stereocenters. The van der Waals surface area contributed by atoms with Gasteiger partial charge in [0.1, 0.15) is 5.78 Å². The molecule has 0 aliphatic heterocycles. The largest absolute Gasteiger partial charge is 0.381 e. The van der Waals surface area contributed by atoms with Crippen molar-refractivity contribution in [2.24, 2.45) is 10.4 Å². The standard InChI is InChI=1S/C16H22N2O.C6H14.C3H6O.2C2H6.C2H4/c1-6-17-13(4)12(3)10-18-16-9-15(14(5)19)8-7-11(16)2;1-5-6(2,3)4;1-3(2)4;3*1-2/h6-9,18H,10H2,1-5H3;5H2,1-4H3;1-2H3;2*1-2H3;1-2H2/b13-12-,17-6?;;;;;. The molecule has 0 saturated heterocycles. The third kappa shape index (κ3) is 31.5. The summed E-state index contributed by atoms with van der Waals surface area (Å²) in [5, 5.41) is 3.36. The van der Waals surface area contributed by atoms with Crippen LogP contribution in [0.3, 0.4) is 0 Å². The molecular weight excluding hydrogens is 432 g/mol. The molecule has 204 valence electrons. The lowest BCUT2D eigenvalue weighted by Gasteiger charge is -2.12. The van der Waals surface area contributed by atoms with E-state index in [0.717, 1.165) is 29.1 Å². The summed E-state index contributed by atoms with van der Waals surface area (Å²) in [6.07, 6.45) is 3.06. The van der Waals surface area contributed by atoms with Gasteiger partial charge in [0, 0.05) is 29.7 Å². The third-order valence-corrected chi connectivity index (χ3v) is 4.19. The average molecular weight is 491 g/mol. The Labute approximate surface area is 219 Å². The summed E-state index contributed by atoms with van der Waals surface area (Å²) in [6.45, 7) is 36.3. The summed E-state index contributed by atoms with van der Waals surface area (Å²) in [6, 6.07) is 5.73. The van der Waals surface area contributed by atoms with Crippen molar-refractivity contribution in [3.05, 3.63) is 53.8 Å². The quantitative estimate of drug-likeness (QED) is 0.254. The molecule has 1 aromatic carbocycles. The number of ketones is 2. The van der Waals surface area contributed by atoms with Gasteiger partial charge in [0.05, 0.1) is 0 Å². The van der Waals surface area contributed by atoms with Gasteiger partial charge in [-0.2, -0.15) is 0 Å². The maximum absolute atomic E-state index is 11.4. The number of carbonyl (C=O) groups excluding carboxylic acids is 2. The molecule has 1 rings (SSSR count). The van der Waals surface area contributed by atoms with E-state index in [9.17, 15) is 9.59 Å². The highest BCUT2D eigenvalue weighted by molar-refractivity contribution is 5.95. The van der Waals surface area contributed by atoms with Crippen molar-refractivity contribution >= 4 is 23.5 Å². The second-order valence-electron chi connectivity index (χ2n) is 8.51. The Bertz CT molecular complexity index is 720. The predicted molar refractivity (Wildman–Crippen MR) is 162 cm³/mol. The van der Waals surface area contributed by atoms with E-state index in [0.29, 0.717) is 5.41 Å². The van der Waals surface area contributed by atoms with E-state index in [4.69, 9.17) is 0 Å². The highest BCUT2D eigenvalue weighted by atomic mass is 16.1. The molecule has 0 aliphatic rings. The monoisotopic (exact) mass is 490 g/mol. The van der Waals surface area contributed by atoms with E-state index in [1.165, 1.54) is 25.8 Å². The highest BCUT2D eigenvalue weighted by Crippen LogP contribution is 2.18. The van der Waals surface area contributed by atoms with Gasteiger partial charge < -0.3 is 10.1 Å². The van der Waals surface area contributed by atoms with Gasteiger partial charge in [-0.05, 0) is 71.1 Å². The third-order valence-electron chi connectivity index (χ3n) is 4.19. The number of nitrogens with one attached hydrogen (secondary N) is 1. The van der Waals surface area contributed by atoms with Gasteiger partial charge in [-0.15, -0.1) is 13.2 Å². The van der Waals surface area contributed by atoms with Crippen molar-refractivity contribution in [1.82, 2.24) is 0 Å². The number of hydrogen-bond acceptors (Lipinski definition) is 4. The zero-order chi connectivity index (χ0) is 29.2. The van der Waals surface area contributed by atoms with Gasteiger partial charge in [0.2, 0.25) is 0 Å². The van der Waals surface area contributed by atoms with Crippen LogP contribution in [-0.4, -0.2) is 24.3 Å². The molecule has 0 aliphatic carbocycles. The zero-order valence-electron chi connectivity index (χ0n) is 25.9. The summed E-state index contributed by atoms with van der Waals surface area (Å²) >= 11 is 0. The van der Waals surface area contributed by atoms with E-state index >= 15 is 0 Å². The van der Waals surface area contributed by atoms with Gasteiger partial charge in [-0.25, -0.2) is 0 Å². The number of benzene rings is 1. The van der Waals surface area contributed by atoms with E-state index in [1.54, 1.807) is 13.1 Å². The smallest absolute Gasteiger partial charge is 0.159 e. The summed E-state index contributed by atoms with van der Waals surface area (Å²) in [7, 11) is 0. The first-order valence-electron chi connectivity index (χ1n) is 12.7. The molecule has 4 heteroatoms. The van der Waals surface area contributed by atoms with Crippen LogP contribution in [0.15, 0.2) is 47.6 Å². The fraction of sp³-hybridized carbons (Fsp3) is 0.581. The maximum Gasteiger partial charge on any atom is 0.159 e. The number of anilines is 1. The molecule has 0 unspecified atom stereocenters. The van der Waals surface area contributed by atoms with Gasteiger partial charge in [-0.3, -0.25) is 9.79 Å². The van der Waals surface area contributed by atoms with Crippen molar-refractivity contribution in [3.63, 3.8) is 0 Å². The zero-order valence-corrected chi connectivity index (χ0v) is 25.9. The van der Waals surface area contributed by atoms with Crippen LogP contribution in [0.4, 0.5) is 5.69 Å². The molecule has 4 nitrogen and oxygen atoms in total. The molecule has 0 spiro atoms. The number of aryl methyl sites for hydroxylation is 1. The molecule has 0 heterocycles. The number of Topliss-reactive ketones (excluding diaryl/α,β-unsaturated/α-hetero) is 2. The number of carbonyl (C=O) groups is 2. The molecule has 1 N–H and O–H groups in total. The number of hydrogen-bond donors (Lipinski definition) is 1. The fourth-order valence-electron chi connectivity index (χ4n) is 1.69. The lowest BCUT2D eigenvalue weighted by molar-refractivity contribution is -0.115. The van der Waals surface area contributed by atoms with Gasteiger partial charge in [0.25, 0.3) is 0 Å². The second-order valence-corrected chi connectivity index (χ2v) is 8.51. The van der Waals surface area contributed by atoms with Crippen LogP contribution >= 0.6 is 0 Å². The Kier molecular flexibility index (Phi) is 33.8. The van der Waals surface area contributed by atoms with Gasteiger partial charge in [-0.1, -0.05) is 73.9 Å². The molecule has 1 aromatic rings. The molecule has 0 bridgehead atoms. The first kappa shape index (κ1) is 42.7. The molecule has 0 saturated carbocycles. The predicted octanol–water partition coefficient (Wildman–Crippen LogP) is 9.89. The Hall–Kier alpha value is -2.49. The second kappa shape index (κ2) is 27.8. The summed E-state index contributed by atoms with van der Waals surface area (Å²) in [4.78, 5) is 25.1. The minimum atomic E-state index is 0.0853. The molecular formula is C31H58N2O2. The lowest BCUT2D eigenvalue weighted by atomic mass is 9.94. The molecule has 35 heavy (non-hydrogen) atoms. The first-order chi connectivity index (χ1) is 16.2. The van der Waals surface area contributed by atoms with E-state index < -0.39 is 0 Å². The normalized spacial score (nSPS) is 10.0. The molecule has 0 aromatic heterocycles. The van der Waals surface area contributed by atoms with Crippen molar-refractivity contribution in [2.45, 2.75) is 110 Å².